The molecule has 2 heterocycles. The summed E-state index contributed by atoms with van der Waals surface area (Å²) in [6.07, 6.45) is 6.97. The number of pyridine rings is 1. The minimum absolute atomic E-state index is 0.227. The van der Waals surface area contributed by atoms with Crippen LogP contribution in [0.4, 0.5) is 5.82 Å². The highest BCUT2D eigenvalue weighted by atomic mass is 16.1. The lowest BCUT2D eigenvalue weighted by Gasteiger charge is -2.04. The van der Waals surface area contributed by atoms with Gasteiger partial charge in [0.25, 0.3) is 5.91 Å². The summed E-state index contributed by atoms with van der Waals surface area (Å²) >= 11 is 0. The fourth-order valence-electron chi connectivity index (χ4n) is 1.45. The van der Waals surface area contributed by atoms with Crippen molar-refractivity contribution in [1.29, 1.82) is 0 Å². The Balaban J connectivity index is 1.86. The van der Waals surface area contributed by atoms with Gasteiger partial charge in [0.2, 0.25) is 0 Å². The molecule has 6 nitrogen and oxygen atoms in total. The normalized spacial score (nSPS) is 10.0. The Bertz CT molecular complexity index is 529. The van der Waals surface area contributed by atoms with Gasteiger partial charge >= 0.3 is 0 Å². The van der Waals surface area contributed by atoms with Crippen molar-refractivity contribution >= 4 is 11.7 Å². The zero-order valence-electron chi connectivity index (χ0n) is 9.71. The van der Waals surface area contributed by atoms with Crippen LogP contribution in [0.3, 0.4) is 0 Å². The molecule has 0 radical (unpaired) electrons. The predicted octanol–water partition coefficient (Wildman–Crippen LogP) is 0.426. The smallest absolute Gasteiger partial charge is 0.271 e. The quantitative estimate of drug-likeness (QED) is 0.812. The Labute approximate surface area is 104 Å². The van der Waals surface area contributed by atoms with E-state index in [0.717, 1.165) is 12.0 Å². The number of carbonyl (C=O) groups is 1. The SMILES string of the molecule is Nc1cncc(C(=O)NCCc2ccncc2)n1. The van der Waals surface area contributed by atoms with Crippen LogP contribution < -0.4 is 11.1 Å². The number of nitrogens with two attached hydrogens (primary N) is 1. The maximum absolute atomic E-state index is 11.7. The average Bonchev–Trinajstić information content (AvgIpc) is 2.40. The lowest BCUT2D eigenvalue weighted by atomic mass is 10.2. The van der Waals surface area contributed by atoms with Crippen molar-refractivity contribution in [3.05, 3.63) is 48.2 Å². The Morgan fingerprint density at radius 1 is 1.22 bits per heavy atom. The van der Waals surface area contributed by atoms with E-state index in [1.165, 1.54) is 12.4 Å². The second-order valence-corrected chi connectivity index (χ2v) is 3.69. The van der Waals surface area contributed by atoms with E-state index in [1.807, 2.05) is 12.1 Å². The van der Waals surface area contributed by atoms with Crippen molar-refractivity contribution in [2.24, 2.45) is 0 Å². The molecule has 0 aromatic carbocycles. The standard InChI is InChI=1S/C12H13N5O/c13-11-8-15-7-10(17-11)12(18)16-6-3-9-1-4-14-5-2-9/h1-2,4-5,7-8H,3,6H2,(H2,13,17)(H,16,18). The second kappa shape index (κ2) is 5.72. The van der Waals surface area contributed by atoms with Crippen LogP contribution in [0.25, 0.3) is 0 Å². The third kappa shape index (κ3) is 3.24. The summed E-state index contributed by atoms with van der Waals surface area (Å²) in [5.74, 6) is -0.0411. The van der Waals surface area contributed by atoms with Crippen molar-refractivity contribution in [3.8, 4) is 0 Å². The summed E-state index contributed by atoms with van der Waals surface area (Å²) in [5, 5.41) is 2.76. The van der Waals surface area contributed by atoms with Crippen LogP contribution in [0.1, 0.15) is 16.1 Å². The van der Waals surface area contributed by atoms with E-state index in [-0.39, 0.29) is 17.4 Å². The Morgan fingerprint density at radius 2 is 2.00 bits per heavy atom. The van der Waals surface area contributed by atoms with E-state index >= 15 is 0 Å². The lowest BCUT2D eigenvalue weighted by Crippen LogP contribution is -2.26. The van der Waals surface area contributed by atoms with E-state index in [9.17, 15) is 4.79 Å². The summed E-state index contributed by atoms with van der Waals surface area (Å²) in [4.78, 5) is 23.3. The molecule has 0 spiro atoms. The van der Waals surface area contributed by atoms with Crippen LogP contribution in [-0.4, -0.2) is 27.4 Å². The Kier molecular flexibility index (Phi) is 3.80. The molecule has 18 heavy (non-hydrogen) atoms. The van der Waals surface area contributed by atoms with Gasteiger partial charge in [-0.25, -0.2) is 4.98 Å². The molecule has 0 atom stereocenters. The van der Waals surface area contributed by atoms with Crippen LogP contribution in [-0.2, 0) is 6.42 Å². The first kappa shape index (κ1) is 12.0. The number of hydrogen-bond donors (Lipinski definition) is 2. The van der Waals surface area contributed by atoms with Gasteiger partial charge in [-0.2, -0.15) is 0 Å². The number of nitrogen functional groups attached to an aromatic ring is 1. The minimum Gasteiger partial charge on any atom is -0.382 e. The van der Waals surface area contributed by atoms with Gasteiger partial charge in [0.1, 0.15) is 11.5 Å². The number of amides is 1. The molecule has 0 saturated heterocycles. The molecule has 0 bridgehead atoms. The molecule has 0 saturated carbocycles. The first-order chi connectivity index (χ1) is 8.75. The molecule has 2 rings (SSSR count). The number of anilines is 1. The molecular weight excluding hydrogens is 230 g/mol. The highest BCUT2D eigenvalue weighted by Crippen LogP contribution is 1.98. The monoisotopic (exact) mass is 243 g/mol. The molecule has 0 aliphatic carbocycles. The third-order valence-corrected chi connectivity index (χ3v) is 2.33. The van der Waals surface area contributed by atoms with Crippen LogP contribution in [0.5, 0.6) is 0 Å². The molecule has 6 heteroatoms. The van der Waals surface area contributed by atoms with E-state index in [1.54, 1.807) is 12.4 Å². The Morgan fingerprint density at radius 3 is 2.72 bits per heavy atom. The maximum Gasteiger partial charge on any atom is 0.271 e. The molecular formula is C12H13N5O. The van der Waals surface area contributed by atoms with Crippen molar-refractivity contribution < 1.29 is 4.79 Å². The second-order valence-electron chi connectivity index (χ2n) is 3.69. The zero-order valence-corrected chi connectivity index (χ0v) is 9.71. The van der Waals surface area contributed by atoms with Crippen LogP contribution in [0, 0.1) is 0 Å². The topological polar surface area (TPSA) is 93.8 Å². The zero-order chi connectivity index (χ0) is 12.8. The van der Waals surface area contributed by atoms with E-state index < -0.39 is 0 Å². The van der Waals surface area contributed by atoms with Crippen molar-refractivity contribution in [2.45, 2.75) is 6.42 Å². The first-order valence-corrected chi connectivity index (χ1v) is 5.50. The largest absolute Gasteiger partial charge is 0.382 e. The predicted molar refractivity (Wildman–Crippen MR) is 66.7 cm³/mol. The summed E-state index contributed by atoms with van der Waals surface area (Å²) in [5.41, 5.74) is 6.80. The maximum atomic E-state index is 11.7. The number of aromatic nitrogens is 3. The first-order valence-electron chi connectivity index (χ1n) is 5.50. The summed E-state index contributed by atoms with van der Waals surface area (Å²) in [7, 11) is 0. The van der Waals surface area contributed by atoms with Gasteiger partial charge in [0.15, 0.2) is 0 Å². The number of rotatable bonds is 4. The van der Waals surface area contributed by atoms with Crippen LogP contribution >= 0.6 is 0 Å². The molecule has 0 aliphatic heterocycles. The van der Waals surface area contributed by atoms with Gasteiger partial charge in [-0.1, -0.05) is 0 Å². The van der Waals surface area contributed by atoms with Gasteiger partial charge in [-0.15, -0.1) is 0 Å². The van der Waals surface area contributed by atoms with Gasteiger partial charge in [-0.05, 0) is 24.1 Å². The number of hydrogen-bond acceptors (Lipinski definition) is 5. The fourth-order valence-corrected chi connectivity index (χ4v) is 1.45. The highest BCUT2D eigenvalue weighted by Gasteiger charge is 2.07. The number of nitrogens with zero attached hydrogens (tertiary/aromatic N) is 3. The molecule has 1 amide bonds. The van der Waals surface area contributed by atoms with Gasteiger partial charge in [-0.3, -0.25) is 14.8 Å². The number of nitrogens with one attached hydrogen (secondary N) is 1. The molecule has 0 fully saturated rings. The number of carbonyl (C=O) groups excluding carboxylic acids is 1. The summed E-state index contributed by atoms with van der Waals surface area (Å²) in [6.45, 7) is 0.527. The molecule has 0 unspecified atom stereocenters. The molecule has 2 aromatic heterocycles. The van der Waals surface area contributed by atoms with Crippen molar-refractivity contribution in [1.82, 2.24) is 20.3 Å². The molecule has 0 aliphatic rings. The molecule has 2 aromatic rings. The minimum atomic E-state index is -0.274. The summed E-state index contributed by atoms with van der Waals surface area (Å²) in [6, 6.07) is 3.82. The lowest BCUT2D eigenvalue weighted by molar-refractivity contribution is 0.0949. The molecule has 92 valence electrons. The van der Waals surface area contributed by atoms with Gasteiger partial charge in [0.05, 0.1) is 12.4 Å². The van der Waals surface area contributed by atoms with E-state index in [2.05, 4.69) is 20.3 Å². The molecule has 3 N–H and O–H groups in total. The Hall–Kier alpha value is -2.50. The van der Waals surface area contributed by atoms with Gasteiger partial charge < -0.3 is 11.1 Å². The van der Waals surface area contributed by atoms with Crippen molar-refractivity contribution in [2.75, 3.05) is 12.3 Å². The van der Waals surface area contributed by atoms with E-state index in [4.69, 9.17) is 5.73 Å². The average molecular weight is 243 g/mol. The van der Waals surface area contributed by atoms with Gasteiger partial charge in [0, 0.05) is 18.9 Å². The van der Waals surface area contributed by atoms with E-state index in [0.29, 0.717) is 6.54 Å². The van der Waals surface area contributed by atoms with Crippen molar-refractivity contribution in [3.63, 3.8) is 0 Å². The van der Waals surface area contributed by atoms with Crippen LogP contribution in [0.15, 0.2) is 36.9 Å². The summed E-state index contributed by atoms with van der Waals surface area (Å²) < 4.78 is 0. The third-order valence-electron chi connectivity index (χ3n) is 2.33. The van der Waals surface area contributed by atoms with Crippen LogP contribution in [0.2, 0.25) is 0 Å². The highest BCUT2D eigenvalue weighted by molar-refractivity contribution is 5.92. The fraction of sp³-hybridized carbons (Fsp3) is 0.167.